The molecule has 2 aromatic rings. The number of aliphatic hydroxyl groups is 1. The number of ether oxygens (including phenoxy) is 1. The summed E-state index contributed by atoms with van der Waals surface area (Å²) in [5.41, 5.74) is 7.12. The van der Waals surface area contributed by atoms with Crippen molar-refractivity contribution in [1.82, 2.24) is 0 Å². The number of thiocarbonyl (C=S) groups is 1. The summed E-state index contributed by atoms with van der Waals surface area (Å²) in [6.45, 7) is 0.0709. The Hall–Kier alpha value is -1.62. The van der Waals surface area contributed by atoms with Gasteiger partial charge in [0.2, 0.25) is 0 Å². The van der Waals surface area contributed by atoms with Crippen LogP contribution in [0.5, 0.6) is 11.5 Å². The van der Waals surface area contributed by atoms with E-state index in [2.05, 4.69) is 0 Å². The van der Waals surface area contributed by atoms with E-state index in [1.165, 1.54) is 0 Å². The van der Waals surface area contributed by atoms with Gasteiger partial charge in [-0.1, -0.05) is 42.0 Å². The number of aliphatic hydroxyl groups excluding tert-OH is 1. The summed E-state index contributed by atoms with van der Waals surface area (Å²) in [5, 5.41) is 9.50. The molecule has 0 amide bonds. The van der Waals surface area contributed by atoms with Gasteiger partial charge in [0, 0.05) is 18.2 Å². The maximum atomic E-state index is 9.05. The predicted molar refractivity (Wildman–Crippen MR) is 84.6 cm³/mol. The molecule has 0 aliphatic carbocycles. The zero-order chi connectivity index (χ0) is 14.5. The highest BCUT2D eigenvalue weighted by Gasteiger charge is 2.08. The second-order valence-corrected chi connectivity index (χ2v) is 5.04. The van der Waals surface area contributed by atoms with E-state index in [1.807, 2.05) is 24.3 Å². The van der Waals surface area contributed by atoms with Crippen LogP contribution in [-0.2, 0) is 6.42 Å². The molecular formula is C15H14ClNO2S. The van der Waals surface area contributed by atoms with Crippen molar-refractivity contribution >= 4 is 28.8 Å². The first-order valence-corrected chi connectivity index (χ1v) is 6.86. The molecule has 20 heavy (non-hydrogen) atoms. The van der Waals surface area contributed by atoms with Gasteiger partial charge < -0.3 is 15.6 Å². The van der Waals surface area contributed by atoms with E-state index in [1.54, 1.807) is 18.2 Å². The van der Waals surface area contributed by atoms with Crippen molar-refractivity contribution < 1.29 is 9.84 Å². The number of halogens is 1. The third-order valence-corrected chi connectivity index (χ3v) is 3.32. The minimum atomic E-state index is 0.0709. The van der Waals surface area contributed by atoms with Gasteiger partial charge in [0.15, 0.2) is 0 Å². The molecule has 0 heterocycles. The molecule has 0 saturated heterocycles. The van der Waals surface area contributed by atoms with Crippen molar-refractivity contribution in [2.45, 2.75) is 6.42 Å². The smallest absolute Gasteiger partial charge is 0.130 e. The maximum Gasteiger partial charge on any atom is 0.130 e. The fourth-order valence-electron chi connectivity index (χ4n) is 1.82. The lowest BCUT2D eigenvalue weighted by Gasteiger charge is -2.11. The predicted octanol–water partition coefficient (Wildman–Crippen LogP) is 3.30. The second-order valence-electron chi connectivity index (χ2n) is 4.19. The van der Waals surface area contributed by atoms with Gasteiger partial charge in [-0.3, -0.25) is 0 Å². The van der Waals surface area contributed by atoms with Crippen LogP contribution in [0.3, 0.4) is 0 Å². The van der Waals surface area contributed by atoms with Gasteiger partial charge in [-0.05, 0) is 30.2 Å². The van der Waals surface area contributed by atoms with Gasteiger partial charge in [-0.15, -0.1) is 0 Å². The van der Waals surface area contributed by atoms with Crippen LogP contribution in [0.15, 0.2) is 42.5 Å². The highest BCUT2D eigenvalue weighted by atomic mass is 35.5. The summed E-state index contributed by atoms with van der Waals surface area (Å²) in [5.74, 6) is 1.29. The van der Waals surface area contributed by atoms with Crippen LogP contribution in [-0.4, -0.2) is 16.7 Å². The van der Waals surface area contributed by atoms with Gasteiger partial charge in [0.05, 0.1) is 5.02 Å². The van der Waals surface area contributed by atoms with Crippen molar-refractivity contribution in [2.24, 2.45) is 5.73 Å². The van der Waals surface area contributed by atoms with Crippen LogP contribution < -0.4 is 10.5 Å². The summed E-state index contributed by atoms with van der Waals surface area (Å²) in [4.78, 5) is 0.252. The first kappa shape index (κ1) is 14.8. The molecule has 0 spiro atoms. The molecule has 0 fully saturated rings. The number of benzene rings is 2. The van der Waals surface area contributed by atoms with Crippen LogP contribution in [0.2, 0.25) is 5.02 Å². The van der Waals surface area contributed by atoms with Gasteiger partial charge in [0.25, 0.3) is 0 Å². The Bertz CT molecular complexity index is 631. The van der Waals surface area contributed by atoms with Crippen LogP contribution in [0.25, 0.3) is 0 Å². The first-order valence-electron chi connectivity index (χ1n) is 6.08. The monoisotopic (exact) mass is 307 g/mol. The minimum Gasteiger partial charge on any atom is -0.457 e. The lowest BCUT2D eigenvalue weighted by molar-refractivity contribution is 0.298. The SMILES string of the molecule is NC(=S)c1ccc(Oc2ccccc2CCO)cc1Cl. The second kappa shape index (κ2) is 6.70. The number of hydrogen-bond acceptors (Lipinski definition) is 3. The molecular weight excluding hydrogens is 294 g/mol. The van der Waals surface area contributed by atoms with Crippen molar-refractivity contribution in [2.75, 3.05) is 6.61 Å². The molecule has 3 N–H and O–H groups in total. The van der Waals surface area contributed by atoms with Crippen LogP contribution in [0.4, 0.5) is 0 Å². The standard InChI is InChI=1S/C15H14ClNO2S/c16-13-9-11(5-6-12(13)15(17)20)19-14-4-2-1-3-10(14)7-8-18/h1-6,9,18H,7-8H2,(H2,17,20). The van der Waals surface area contributed by atoms with E-state index < -0.39 is 0 Å². The van der Waals surface area contributed by atoms with E-state index >= 15 is 0 Å². The Balaban J connectivity index is 2.26. The average molecular weight is 308 g/mol. The Morgan fingerprint density at radius 1 is 1.25 bits per heavy atom. The van der Waals surface area contributed by atoms with Gasteiger partial charge in [-0.2, -0.15) is 0 Å². The highest BCUT2D eigenvalue weighted by Crippen LogP contribution is 2.29. The third kappa shape index (κ3) is 3.48. The summed E-state index contributed by atoms with van der Waals surface area (Å²) in [7, 11) is 0. The molecule has 0 saturated carbocycles. The van der Waals surface area contributed by atoms with E-state index in [4.69, 9.17) is 39.4 Å². The average Bonchev–Trinajstić information content (AvgIpc) is 2.41. The summed E-state index contributed by atoms with van der Waals surface area (Å²) in [6, 6.07) is 12.7. The molecule has 5 heteroatoms. The fourth-order valence-corrected chi connectivity index (χ4v) is 2.32. The molecule has 0 unspecified atom stereocenters. The normalized spacial score (nSPS) is 10.3. The summed E-state index contributed by atoms with van der Waals surface area (Å²) >= 11 is 11.0. The van der Waals surface area contributed by atoms with Gasteiger partial charge in [-0.25, -0.2) is 0 Å². The fraction of sp³-hybridized carbons (Fsp3) is 0.133. The largest absolute Gasteiger partial charge is 0.457 e. The van der Waals surface area contributed by atoms with Gasteiger partial charge >= 0.3 is 0 Å². The molecule has 0 aliphatic heterocycles. The van der Waals surface area contributed by atoms with Gasteiger partial charge in [0.1, 0.15) is 16.5 Å². The molecule has 3 nitrogen and oxygen atoms in total. The minimum absolute atomic E-state index is 0.0709. The van der Waals surface area contributed by atoms with Crippen molar-refractivity contribution in [3.63, 3.8) is 0 Å². The van der Waals surface area contributed by atoms with E-state index in [0.717, 1.165) is 5.56 Å². The maximum absolute atomic E-state index is 9.05. The number of rotatable bonds is 5. The van der Waals surface area contributed by atoms with Crippen LogP contribution >= 0.6 is 23.8 Å². The molecule has 2 aromatic carbocycles. The zero-order valence-electron chi connectivity index (χ0n) is 10.7. The summed E-state index contributed by atoms with van der Waals surface area (Å²) in [6.07, 6.45) is 0.537. The quantitative estimate of drug-likeness (QED) is 0.832. The third-order valence-electron chi connectivity index (χ3n) is 2.79. The highest BCUT2D eigenvalue weighted by molar-refractivity contribution is 7.80. The Labute approximate surface area is 127 Å². The van der Waals surface area contributed by atoms with E-state index in [9.17, 15) is 0 Å². The lowest BCUT2D eigenvalue weighted by atomic mass is 10.1. The van der Waals surface area contributed by atoms with Crippen LogP contribution in [0, 0.1) is 0 Å². The van der Waals surface area contributed by atoms with E-state index in [-0.39, 0.29) is 11.6 Å². The molecule has 104 valence electrons. The zero-order valence-corrected chi connectivity index (χ0v) is 12.2. The Kier molecular flexibility index (Phi) is 4.95. The molecule has 0 aromatic heterocycles. The molecule has 2 rings (SSSR count). The number of para-hydroxylation sites is 1. The lowest BCUT2D eigenvalue weighted by Crippen LogP contribution is -2.09. The van der Waals surface area contributed by atoms with Crippen molar-refractivity contribution in [3.8, 4) is 11.5 Å². The van der Waals surface area contributed by atoms with Crippen molar-refractivity contribution in [1.29, 1.82) is 0 Å². The first-order chi connectivity index (χ1) is 9.61. The number of hydrogen-bond donors (Lipinski definition) is 2. The Morgan fingerprint density at radius 3 is 2.65 bits per heavy atom. The van der Waals surface area contributed by atoms with Crippen molar-refractivity contribution in [3.05, 3.63) is 58.6 Å². The van der Waals surface area contributed by atoms with Crippen LogP contribution in [0.1, 0.15) is 11.1 Å². The molecule has 0 radical (unpaired) electrons. The molecule has 0 atom stereocenters. The molecule has 0 bridgehead atoms. The topological polar surface area (TPSA) is 55.5 Å². The van der Waals surface area contributed by atoms with E-state index in [0.29, 0.717) is 28.5 Å². The Morgan fingerprint density at radius 2 is 2.00 bits per heavy atom. The molecule has 0 aliphatic rings. The number of nitrogens with two attached hydrogens (primary N) is 1. The summed E-state index contributed by atoms with van der Waals surface area (Å²) < 4.78 is 5.80.